The van der Waals surface area contributed by atoms with Gasteiger partial charge in [-0.2, -0.15) is 0 Å². The van der Waals surface area contributed by atoms with Crippen molar-refractivity contribution in [1.82, 2.24) is 0 Å². The predicted molar refractivity (Wildman–Crippen MR) is 109 cm³/mol. The van der Waals surface area contributed by atoms with Crippen LogP contribution in [0.5, 0.6) is 5.75 Å². The van der Waals surface area contributed by atoms with E-state index in [0.29, 0.717) is 22.8 Å². The zero-order valence-corrected chi connectivity index (χ0v) is 17.3. The molecule has 0 radical (unpaired) electrons. The number of ether oxygens (including phenoxy) is 1. The summed E-state index contributed by atoms with van der Waals surface area (Å²) in [6, 6.07) is 8.76. The van der Waals surface area contributed by atoms with E-state index in [0.717, 1.165) is 6.07 Å². The summed E-state index contributed by atoms with van der Waals surface area (Å²) in [5.41, 5.74) is -0.0333. The highest BCUT2D eigenvalue weighted by Gasteiger charge is 2.42. The van der Waals surface area contributed by atoms with Crippen molar-refractivity contribution in [3.8, 4) is 5.75 Å². The normalized spacial score (nSPS) is 14.8. The van der Waals surface area contributed by atoms with Gasteiger partial charge < -0.3 is 15.4 Å². The van der Waals surface area contributed by atoms with E-state index in [9.17, 15) is 22.4 Å². The first kappa shape index (κ1) is 21.5. The molecule has 0 bridgehead atoms. The minimum Gasteiger partial charge on any atom is -0.476 e. The number of carbonyl (C=O) groups excluding carboxylic acids is 2. The van der Waals surface area contributed by atoms with Gasteiger partial charge in [0.15, 0.2) is 5.60 Å². The molecule has 2 amide bonds. The molecular weight excluding hydrogens is 417 g/mol. The first-order valence-corrected chi connectivity index (χ1v) is 9.94. The number of fused-ring (bicyclic) bond motifs is 1. The van der Waals surface area contributed by atoms with E-state index in [1.165, 1.54) is 24.0 Å². The van der Waals surface area contributed by atoms with Crippen LogP contribution in [0.4, 0.5) is 27.1 Å². The Morgan fingerprint density at radius 3 is 2.63 bits per heavy atom. The van der Waals surface area contributed by atoms with Crippen LogP contribution in [0.1, 0.15) is 20.8 Å². The molecule has 0 atom stereocenters. The molecule has 2 N–H and O–H groups in total. The lowest BCUT2D eigenvalue weighted by atomic mass is 10.0. The lowest BCUT2D eigenvalue weighted by Gasteiger charge is -2.39. The molecule has 1 aliphatic heterocycles. The summed E-state index contributed by atoms with van der Waals surface area (Å²) >= 11 is 0. The topological polar surface area (TPSA) is 114 Å². The van der Waals surface area contributed by atoms with Crippen LogP contribution in [0.3, 0.4) is 0 Å². The highest BCUT2D eigenvalue weighted by atomic mass is 32.2. The van der Waals surface area contributed by atoms with Crippen molar-refractivity contribution in [3.63, 3.8) is 0 Å². The summed E-state index contributed by atoms with van der Waals surface area (Å²) in [5, 5.41) is 5.17. The lowest BCUT2D eigenvalue weighted by Crippen LogP contribution is -2.50. The summed E-state index contributed by atoms with van der Waals surface area (Å²) in [4.78, 5) is 25.8. The molecule has 9 nitrogen and oxygen atoms in total. The Balaban J connectivity index is 2.02. The van der Waals surface area contributed by atoms with Crippen LogP contribution in [0, 0.1) is 5.82 Å². The average molecular weight is 437 g/mol. The summed E-state index contributed by atoms with van der Waals surface area (Å²) in [6.07, 6.45) is 0. The van der Waals surface area contributed by atoms with Gasteiger partial charge >= 0.3 is 0 Å². The molecule has 0 saturated heterocycles. The molecular formula is C19H20FN3O6S. The van der Waals surface area contributed by atoms with Crippen LogP contribution in [-0.4, -0.2) is 32.6 Å². The average Bonchev–Trinajstić information content (AvgIpc) is 2.64. The van der Waals surface area contributed by atoms with Gasteiger partial charge in [0.25, 0.3) is 16.9 Å². The van der Waals surface area contributed by atoms with Crippen LogP contribution in [0.15, 0.2) is 36.4 Å². The van der Waals surface area contributed by atoms with Crippen LogP contribution in [0.2, 0.25) is 0 Å². The predicted octanol–water partition coefficient (Wildman–Crippen LogP) is 2.53. The highest BCUT2D eigenvalue weighted by molar-refractivity contribution is 7.67. The van der Waals surface area contributed by atoms with Crippen molar-refractivity contribution in [3.05, 3.63) is 42.2 Å². The fourth-order valence-electron chi connectivity index (χ4n) is 2.95. The molecule has 2 aromatic rings. The van der Waals surface area contributed by atoms with Gasteiger partial charge in [-0.25, -0.2) is 12.8 Å². The second-order valence-electron chi connectivity index (χ2n) is 6.95. The number of hydrogen-bond donors (Lipinski definition) is 3. The van der Waals surface area contributed by atoms with Crippen molar-refractivity contribution in [2.75, 3.05) is 22.3 Å². The van der Waals surface area contributed by atoms with Gasteiger partial charge in [0.1, 0.15) is 18.3 Å². The van der Waals surface area contributed by atoms with E-state index in [1.54, 1.807) is 32.0 Å². The highest BCUT2D eigenvalue weighted by Crippen LogP contribution is 2.43. The fraction of sp³-hybridized carbons (Fsp3) is 0.263. The van der Waals surface area contributed by atoms with Gasteiger partial charge in [-0.15, -0.1) is 0 Å². The molecule has 0 aromatic heterocycles. The van der Waals surface area contributed by atoms with Crippen molar-refractivity contribution in [1.29, 1.82) is 0 Å². The number of nitrogens with zero attached hydrogens (tertiary/aromatic N) is 1. The third kappa shape index (κ3) is 4.52. The van der Waals surface area contributed by atoms with E-state index in [2.05, 4.69) is 14.8 Å². The monoisotopic (exact) mass is 437 g/mol. The van der Waals surface area contributed by atoms with Crippen molar-refractivity contribution in [2.24, 2.45) is 0 Å². The molecule has 1 heterocycles. The van der Waals surface area contributed by atoms with Gasteiger partial charge in [-0.05, 0) is 44.2 Å². The van der Waals surface area contributed by atoms with Crippen LogP contribution >= 0.6 is 0 Å². The number of thiol groups is 1. The number of nitrogens with one attached hydrogen (secondary N) is 2. The number of anilines is 4. The van der Waals surface area contributed by atoms with Crippen molar-refractivity contribution < 1.29 is 31.3 Å². The zero-order valence-electron chi connectivity index (χ0n) is 16.4. The first-order valence-electron chi connectivity index (χ1n) is 8.84. The van der Waals surface area contributed by atoms with Gasteiger partial charge in [0.05, 0.1) is 17.1 Å². The van der Waals surface area contributed by atoms with Crippen molar-refractivity contribution in [2.45, 2.75) is 26.4 Å². The number of benzene rings is 2. The van der Waals surface area contributed by atoms with Gasteiger partial charge in [-0.1, -0.05) is 0 Å². The quantitative estimate of drug-likeness (QED) is 0.470. The lowest BCUT2D eigenvalue weighted by molar-refractivity contribution is -0.131. The molecule has 160 valence electrons. The molecule has 0 unspecified atom stereocenters. The molecule has 2 aromatic carbocycles. The van der Waals surface area contributed by atoms with E-state index in [4.69, 9.17) is 4.74 Å². The molecule has 30 heavy (non-hydrogen) atoms. The summed E-state index contributed by atoms with van der Waals surface area (Å²) in [5.74, 6) is -1.12. The molecule has 0 fully saturated rings. The number of amides is 2. The summed E-state index contributed by atoms with van der Waals surface area (Å²) in [7, 11) is -2.98. The number of rotatable bonds is 6. The Kier molecular flexibility index (Phi) is 5.94. The van der Waals surface area contributed by atoms with Crippen molar-refractivity contribution >= 4 is 45.5 Å². The molecule has 1 aliphatic rings. The molecule has 0 spiro atoms. The number of carbonyl (C=O) groups is 2. The second-order valence-corrected chi connectivity index (χ2v) is 7.66. The Labute approximate surface area is 173 Å². The zero-order chi connectivity index (χ0) is 22.1. The standard InChI is InChI=1S/C19H20FN3O6S/c1-11(24)22-15-9-13(5-6-14(15)20)23-16-7-4-12(21-10-28-30(26)27)8-17(16)29-19(2,3)18(23)25/h4-9,21,30H,10H2,1-3H3,(H,22,24). The second kappa shape index (κ2) is 8.28. The molecule has 0 saturated carbocycles. The largest absolute Gasteiger partial charge is 0.476 e. The first-order chi connectivity index (χ1) is 14.1. The molecule has 0 aliphatic carbocycles. The number of hydrogen-bond acceptors (Lipinski definition) is 7. The van der Waals surface area contributed by atoms with Crippen LogP contribution in [-0.2, 0) is 24.8 Å². The van der Waals surface area contributed by atoms with Gasteiger partial charge in [0, 0.05) is 18.7 Å². The van der Waals surface area contributed by atoms with Crippen LogP contribution < -0.4 is 20.3 Å². The Bertz CT molecular complexity index is 1080. The van der Waals surface area contributed by atoms with E-state index >= 15 is 0 Å². The smallest absolute Gasteiger partial charge is 0.275 e. The minimum atomic E-state index is -2.98. The van der Waals surface area contributed by atoms with Crippen LogP contribution in [0.25, 0.3) is 0 Å². The maximum Gasteiger partial charge on any atom is 0.275 e. The van der Waals surface area contributed by atoms with Gasteiger partial charge in [0.2, 0.25) is 5.91 Å². The third-order valence-corrected chi connectivity index (χ3v) is 4.59. The van der Waals surface area contributed by atoms with E-state index in [1.807, 2.05) is 0 Å². The molecule has 11 heteroatoms. The summed E-state index contributed by atoms with van der Waals surface area (Å²) in [6.45, 7) is 4.18. The SMILES string of the molecule is CC(=O)Nc1cc(N2C(=O)C(C)(C)Oc3cc(NCO[SH](=O)=O)ccc32)ccc1F. The molecule has 3 rings (SSSR count). The Hall–Kier alpha value is -3.18. The maximum absolute atomic E-state index is 14.1. The Morgan fingerprint density at radius 2 is 1.97 bits per heavy atom. The fourth-order valence-corrected chi connectivity index (χ4v) is 3.12. The maximum atomic E-state index is 14.1. The van der Waals surface area contributed by atoms with Gasteiger partial charge in [-0.3, -0.25) is 18.7 Å². The third-order valence-electron chi connectivity index (χ3n) is 4.25. The number of halogens is 1. The van der Waals surface area contributed by atoms with E-state index < -0.39 is 28.3 Å². The van der Waals surface area contributed by atoms with E-state index in [-0.39, 0.29) is 18.3 Å². The summed E-state index contributed by atoms with van der Waals surface area (Å²) < 4.78 is 45.4. The Morgan fingerprint density at radius 1 is 1.23 bits per heavy atom. The minimum absolute atomic E-state index is 0.0548.